The summed E-state index contributed by atoms with van der Waals surface area (Å²) in [4.78, 5) is 40.0. The highest BCUT2D eigenvalue weighted by Gasteiger charge is 2.35. The Kier molecular flexibility index (Phi) is 9.36. The lowest BCUT2D eigenvalue weighted by molar-refractivity contribution is -0.137. The summed E-state index contributed by atoms with van der Waals surface area (Å²) in [7, 11) is 1.59. The normalized spacial score (nSPS) is 13.0. The van der Waals surface area contributed by atoms with E-state index in [-0.39, 0.29) is 30.6 Å². The highest BCUT2D eigenvalue weighted by atomic mass is 16.5. The van der Waals surface area contributed by atoms with Gasteiger partial charge >= 0.3 is 5.97 Å². The van der Waals surface area contributed by atoms with E-state index in [1.54, 1.807) is 72.7 Å². The summed E-state index contributed by atoms with van der Waals surface area (Å²) >= 11 is 0. The molecule has 1 atom stereocenters. The summed E-state index contributed by atoms with van der Waals surface area (Å²) in [6.45, 7) is 0.644. The maximum Gasteiger partial charge on any atom is 0.326 e. The number of ketones is 1. The average Bonchev–Trinajstić information content (AvgIpc) is 3.89. The van der Waals surface area contributed by atoms with E-state index in [2.05, 4.69) is 5.32 Å². The monoisotopic (exact) mass is 578 g/mol. The van der Waals surface area contributed by atoms with Crippen LogP contribution >= 0.6 is 0 Å². The number of benzene rings is 4. The Morgan fingerprint density at radius 3 is 2.26 bits per heavy atom. The number of hydrogen-bond donors (Lipinski definition) is 2. The average molecular weight is 579 g/mol. The van der Waals surface area contributed by atoms with Crippen molar-refractivity contribution in [2.24, 2.45) is 5.92 Å². The topological polar surface area (TPSA) is 105 Å². The minimum absolute atomic E-state index is 0.0448. The molecule has 8 heteroatoms. The molecule has 1 saturated carbocycles. The number of carbonyl (C=O) groups excluding carboxylic acids is 2. The van der Waals surface area contributed by atoms with Gasteiger partial charge in [-0.15, -0.1) is 0 Å². The van der Waals surface area contributed by atoms with Crippen LogP contribution in [0.4, 0.5) is 11.4 Å². The molecule has 4 aromatic carbocycles. The molecule has 0 heterocycles. The molecule has 0 spiro atoms. The second-order valence-corrected chi connectivity index (χ2v) is 10.4. The number of methoxy groups -OCH3 is 1. The first kappa shape index (κ1) is 29.4. The Labute approximate surface area is 250 Å². The van der Waals surface area contributed by atoms with Crippen molar-refractivity contribution < 1.29 is 29.0 Å². The van der Waals surface area contributed by atoms with E-state index in [0.29, 0.717) is 34.9 Å². The Bertz CT molecular complexity index is 1570. The summed E-state index contributed by atoms with van der Waals surface area (Å²) in [6, 6.07) is 29.5. The third-order valence-electron chi connectivity index (χ3n) is 7.35. The lowest BCUT2D eigenvalue weighted by Gasteiger charge is -2.24. The number of rotatable bonds is 14. The molecular formula is C35H34N2O6. The number of amides is 1. The van der Waals surface area contributed by atoms with Gasteiger partial charge in [0.2, 0.25) is 5.91 Å². The van der Waals surface area contributed by atoms with Gasteiger partial charge in [0.25, 0.3) is 0 Å². The van der Waals surface area contributed by atoms with E-state index in [1.807, 2.05) is 42.5 Å². The molecule has 2 N–H and O–H groups in total. The SMILES string of the molecule is COc1ccccc1N(CCOc1ccc(C[C@H](Nc2ccccc2C(=O)c2ccccc2)C(=O)O)cc1)C(=O)C1CC1. The second-order valence-electron chi connectivity index (χ2n) is 10.4. The Hall–Kier alpha value is -5.11. The number of nitrogens with zero attached hydrogens (tertiary/aromatic N) is 1. The van der Waals surface area contributed by atoms with Gasteiger partial charge in [-0.3, -0.25) is 9.59 Å². The van der Waals surface area contributed by atoms with Crippen LogP contribution in [0.3, 0.4) is 0 Å². The number of anilines is 2. The van der Waals surface area contributed by atoms with Crippen LogP contribution < -0.4 is 19.7 Å². The molecule has 0 aliphatic heterocycles. The van der Waals surface area contributed by atoms with Crippen LogP contribution in [0.25, 0.3) is 0 Å². The molecule has 0 aromatic heterocycles. The molecule has 1 amide bonds. The van der Waals surface area contributed by atoms with Gasteiger partial charge in [-0.2, -0.15) is 0 Å². The Morgan fingerprint density at radius 2 is 1.56 bits per heavy atom. The predicted molar refractivity (Wildman–Crippen MR) is 165 cm³/mol. The molecule has 220 valence electrons. The van der Waals surface area contributed by atoms with E-state index < -0.39 is 12.0 Å². The van der Waals surface area contributed by atoms with Crippen molar-refractivity contribution in [1.29, 1.82) is 0 Å². The van der Waals surface area contributed by atoms with Crippen LogP contribution in [0.15, 0.2) is 103 Å². The van der Waals surface area contributed by atoms with E-state index in [0.717, 1.165) is 24.1 Å². The second kappa shape index (κ2) is 13.7. The molecule has 0 saturated heterocycles. The van der Waals surface area contributed by atoms with Crippen molar-refractivity contribution in [2.45, 2.75) is 25.3 Å². The van der Waals surface area contributed by atoms with Crippen molar-refractivity contribution in [2.75, 3.05) is 30.5 Å². The first-order valence-electron chi connectivity index (χ1n) is 14.3. The minimum Gasteiger partial charge on any atom is -0.495 e. The van der Waals surface area contributed by atoms with Crippen molar-refractivity contribution in [3.63, 3.8) is 0 Å². The van der Waals surface area contributed by atoms with Crippen molar-refractivity contribution >= 4 is 29.0 Å². The first-order chi connectivity index (χ1) is 20.9. The number of ether oxygens (including phenoxy) is 2. The summed E-state index contributed by atoms with van der Waals surface area (Å²) in [5.41, 5.74) is 2.91. The molecule has 0 radical (unpaired) electrons. The number of carboxylic acid groups (broad SMARTS) is 1. The fourth-order valence-corrected chi connectivity index (χ4v) is 4.90. The molecular weight excluding hydrogens is 544 g/mol. The number of hydrogen-bond acceptors (Lipinski definition) is 6. The Balaban J connectivity index is 1.22. The number of para-hydroxylation sites is 3. The highest BCUT2D eigenvalue weighted by molar-refractivity contribution is 6.12. The maximum absolute atomic E-state index is 13.1. The molecule has 1 fully saturated rings. The minimum atomic E-state index is -1.03. The molecule has 5 rings (SSSR count). The molecule has 1 aliphatic rings. The summed E-state index contributed by atoms with van der Waals surface area (Å²) in [6.07, 6.45) is 1.99. The van der Waals surface area contributed by atoms with Crippen LogP contribution in [0, 0.1) is 5.92 Å². The van der Waals surface area contributed by atoms with Crippen LogP contribution in [0.5, 0.6) is 11.5 Å². The smallest absolute Gasteiger partial charge is 0.326 e. The number of aliphatic carboxylic acids is 1. The van der Waals surface area contributed by atoms with Gasteiger partial charge in [0.1, 0.15) is 24.1 Å². The molecule has 0 unspecified atom stereocenters. The van der Waals surface area contributed by atoms with Crippen LogP contribution in [0.1, 0.15) is 34.3 Å². The zero-order valence-electron chi connectivity index (χ0n) is 23.9. The molecule has 1 aliphatic carbocycles. The van der Waals surface area contributed by atoms with Crippen molar-refractivity contribution in [3.8, 4) is 11.5 Å². The number of nitrogens with one attached hydrogen (secondary N) is 1. The first-order valence-corrected chi connectivity index (χ1v) is 14.3. The quantitative estimate of drug-likeness (QED) is 0.181. The van der Waals surface area contributed by atoms with Gasteiger partial charge in [-0.25, -0.2) is 4.79 Å². The standard InChI is InChI=1S/C35H34N2O6/c1-42-32-14-8-7-13-31(32)37(34(39)26-17-18-26)21-22-43-27-19-15-24(16-20-27)23-30(35(40)41)36-29-12-6-5-11-28(29)33(38)25-9-3-2-4-10-25/h2-16,19-20,26,30,36H,17-18,21-23H2,1H3,(H,40,41)/t30-/m0/s1. The van der Waals surface area contributed by atoms with E-state index in [1.165, 1.54) is 0 Å². The summed E-state index contributed by atoms with van der Waals surface area (Å²) in [5.74, 6) is 0.151. The molecule has 8 nitrogen and oxygen atoms in total. The zero-order valence-corrected chi connectivity index (χ0v) is 23.9. The molecule has 43 heavy (non-hydrogen) atoms. The number of carboxylic acids is 1. The van der Waals surface area contributed by atoms with E-state index in [4.69, 9.17) is 9.47 Å². The maximum atomic E-state index is 13.1. The van der Waals surface area contributed by atoms with Gasteiger partial charge in [-0.1, -0.05) is 66.7 Å². The van der Waals surface area contributed by atoms with E-state index in [9.17, 15) is 19.5 Å². The largest absolute Gasteiger partial charge is 0.495 e. The summed E-state index contributed by atoms with van der Waals surface area (Å²) < 4.78 is 11.4. The highest BCUT2D eigenvalue weighted by Crippen LogP contribution is 2.35. The van der Waals surface area contributed by atoms with Gasteiger partial charge in [0, 0.05) is 29.2 Å². The van der Waals surface area contributed by atoms with E-state index >= 15 is 0 Å². The zero-order chi connectivity index (χ0) is 30.2. The van der Waals surface area contributed by atoms with Gasteiger partial charge in [0.05, 0.1) is 19.3 Å². The van der Waals surface area contributed by atoms with Crippen LogP contribution in [-0.2, 0) is 16.0 Å². The summed E-state index contributed by atoms with van der Waals surface area (Å²) in [5, 5.41) is 13.0. The van der Waals surface area contributed by atoms with Crippen molar-refractivity contribution in [3.05, 3.63) is 120 Å². The van der Waals surface area contributed by atoms with Gasteiger partial charge < -0.3 is 24.8 Å². The Morgan fingerprint density at radius 1 is 0.884 bits per heavy atom. The van der Waals surface area contributed by atoms with Crippen LogP contribution in [0.2, 0.25) is 0 Å². The third-order valence-corrected chi connectivity index (χ3v) is 7.35. The lowest BCUT2D eigenvalue weighted by atomic mass is 10.00. The lowest BCUT2D eigenvalue weighted by Crippen LogP contribution is -2.36. The predicted octanol–water partition coefficient (Wildman–Crippen LogP) is 5.86. The van der Waals surface area contributed by atoms with Crippen molar-refractivity contribution in [1.82, 2.24) is 0 Å². The van der Waals surface area contributed by atoms with Crippen LogP contribution in [-0.4, -0.2) is 49.1 Å². The number of carbonyl (C=O) groups is 3. The molecule has 0 bridgehead atoms. The fourth-order valence-electron chi connectivity index (χ4n) is 4.90. The third kappa shape index (κ3) is 7.40. The molecule has 4 aromatic rings. The van der Waals surface area contributed by atoms with Gasteiger partial charge in [-0.05, 0) is 54.8 Å². The van der Waals surface area contributed by atoms with Gasteiger partial charge in [0.15, 0.2) is 5.78 Å². The fraction of sp³-hybridized carbons (Fsp3) is 0.229.